The van der Waals surface area contributed by atoms with Gasteiger partial charge in [0.2, 0.25) is 0 Å². The topological polar surface area (TPSA) is 24.7 Å². The van der Waals surface area contributed by atoms with Gasteiger partial charge in [-0.25, -0.2) is 4.99 Å². The molecular formula is C20H20N2. The van der Waals surface area contributed by atoms with Crippen LogP contribution in [0.3, 0.4) is 0 Å². The fourth-order valence-electron chi connectivity index (χ4n) is 3.67. The van der Waals surface area contributed by atoms with Crippen molar-refractivity contribution in [3.05, 3.63) is 57.9 Å². The maximum atomic E-state index is 4.95. The summed E-state index contributed by atoms with van der Waals surface area (Å²) in [4.78, 5) is 9.80. The van der Waals surface area contributed by atoms with E-state index in [2.05, 4.69) is 58.9 Å². The fourth-order valence-corrected chi connectivity index (χ4v) is 3.67. The molecule has 0 fully saturated rings. The van der Waals surface area contributed by atoms with Crippen molar-refractivity contribution in [2.45, 2.75) is 34.6 Å². The first-order valence-corrected chi connectivity index (χ1v) is 7.80. The lowest BCUT2D eigenvalue weighted by atomic mass is 9.87. The second kappa shape index (κ2) is 4.16. The highest BCUT2D eigenvalue weighted by molar-refractivity contribution is 5.82. The summed E-state index contributed by atoms with van der Waals surface area (Å²) in [6.45, 7) is 11.0. The first-order valence-electron chi connectivity index (χ1n) is 7.80. The summed E-state index contributed by atoms with van der Waals surface area (Å²) in [5, 5.41) is 2.22. The average molecular weight is 288 g/mol. The standard InChI is InChI=1S/C20H20N2/c1-11-17-12(2)19(20(3,4)5)22-16(17)10-14-13-8-6-7-9-15(13)21-18(11)14/h6-10H,1-5H3. The second-order valence-corrected chi connectivity index (χ2v) is 7.26. The first-order chi connectivity index (χ1) is 10.4. The van der Waals surface area contributed by atoms with Crippen LogP contribution in [0.5, 0.6) is 0 Å². The number of allylic oxidation sites excluding steroid dienone is 2. The maximum Gasteiger partial charge on any atom is 0.0753 e. The van der Waals surface area contributed by atoms with Gasteiger partial charge in [0.25, 0.3) is 0 Å². The van der Waals surface area contributed by atoms with Gasteiger partial charge in [0, 0.05) is 22.1 Å². The summed E-state index contributed by atoms with van der Waals surface area (Å²) < 4.78 is 0. The van der Waals surface area contributed by atoms with E-state index in [4.69, 9.17) is 9.98 Å². The number of nitrogens with zero attached hydrogens (tertiary/aromatic N) is 2. The van der Waals surface area contributed by atoms with Crippen LogP contribution in [0.2, 0.25) is 0 Å². The average Bonchev–Trinajstić information content (AvgIpc) is 2.98. The Bertz CT molecular complexity index is 970. The van der Waals surface area contributed by atoms with E-state index in [1.165, 1.54) is 33.5 Å². The predicted molar refractivity (Wildman–Crippen MR) is 90.6 cm³/mol. The van der Waals surface area contributed by atoms with Gasteiger partial charge in [-0.15, -0.1) is 0 Å². The molecule has 0 radical (unpaired) electrons. The summed E-state index contributed by atoms with van der Waals surface area (Å²) in [7, 11) is 0. The summed E-state index contributed by atoms with van der Waals surface area (Å²) in [5.74, 6) is 0. The summed E-state index contributed by atoms with van der Waals surface area (Å²) >= 11 is 0. The number of rotatable bonds is 0. The Labute approximate surface area is 130 Å². The lowest BCUT2D eigenvalue weighted by molar-refractivity contribution is 0.499. The second-order valence-electron chi connectivity index (χ2n) is 7.26. The number of para-hydroxylation sites is 1. The Morgan fingerprint density at radius 2 is 1.64 bits per heavy atom. The van der Waals surface area contributed by atoms with Crippen molar-refractivity contribution < 1.29 is 0 Å². The molecule has 0 saturated heterocycles. The van der Waals surface area contributed by atoms with Gasteiger partial charge in [0.1, 0.15) is 0 Å². The molecule has 0 unspecified atom stereocenters. The minimum Gasteiger partial charge on any atom is -0.252 e. The van der Waals surface area contributed by atoms with Gasteiger partial charge in [-0.2, -0.15) is 0 Å². The molecule has 0 aromatic heterocycles. The van der Waals surface area contributed by atoms with E-state index >= 15 is 0 Å². The Kier molecular flexibility index (Phi) is 2.54. The highest BCUT2D eigenvalue weighted by atomic mass is 14.8. The Balaban J connectivity index is 2.06. The summed E-state index contributed by atoms with van der Waals surface area (Å²) in [6, 6.07) is 10.6. The zero-order chi connectivity index (χ0) is 15.6. The zero-order valence-corrected chi connectivity index (χ0v) is 13.8. The van der Waals surface area contributed by atoms with Gasteiger partial charge in [0.15, 0.2) is 0 Å². The van der Waals surface area contributed by atoms with Crippen LogP contribution in [0, 0.1) is 12.3 Å². The molecule has 0 atom stereocenters. The third-order valence-electron chi connectivity index (χ3n) is 4.62. The van der Waals surface area contributed by atoms with Crippen molar-refractivity contribution in [2.75, 3.05) is 0 Å². The van der Waals surface area contributed by atoms with Crippen LogP contribution in [0.15, 0.2) is 46.0 Å². The molecule has 2 aliphatic rings. The molecule has 0 N–H and O–H groups in total. The highest BCUT2D eigenvalue weighted by Crippen LogP contribution is 2.38. The largest absolute Gasteiger partial charge is 0.252 e. The van der Waals surface area contributed by atoms with E-state index in [0.29, 0.717) is 0 Å². The third-order valence-corrected chi connectivity index (χ3v) is 4.62. The molecule has 22 heavy (non-hydrogen) atoms. The minimum atomic E-state index is 0.0645. The molecule has 4 rings (SSSR count). The van der Waals surface area contributed by atoms with Gasteiger partial charge >= 0.3 is 0 Å². The quantitative estimate of drug-likeness (QED) is 0.588. The molecule has 2 heteroatoms. The van der Waals surface area contributed by atoms with Crippen LogP contribution >= 0.6 is 0 Å². The summed E-state index contributed by atoms with van der Waals surface area (Å²) in [5.41, 5.74) is 8.61. The molecule has 2 aromatic rings. The molecule has 2 aliphatic heterocycles. The SMILES string of the molecule is CC1=C(C(C)(C)C)N=c2cc3c(c(C)c21)=Nc1ccccc1-3. The van der Waals surface area contributed by atoms with Gasteiger partial charge in [-0.05, 0) is 37.1 Å². The monoisotopic (exact) mass is 288 g/mol. The predicted octanol–water partition coefficient (Wildman–Crippen LogP) is 4.34. The van der Waals surface area contributed by atoms with E-state index in [-0.39, 0.29) is 5.41 Å². The molecular weight excluding hydrogens is 268 g/mol. The molecule has 2 aromatic carbocycles. The lowest BCUT2D eigenvalue weighted by Crippen LogP contribution is -2.18. The van der Waals surface area contributed by atoms with Crippen molar-refractivity contribution in [1.82, 2.24) is 0 Å². The molecule has 2 heterocycles. The van der Waals surface area contributed by atoms with Crippen molar-refractivity contribution in [2.24, 2.45) is 15.4 Å². The molecule has 0 spiro atoms. The van der Waals surface area contributed by atoms with E-state index in [9.17, 15) is 0 Å². The van der Waals surface area contributed by atoms with Crippen molar-refractivity contribution in [1.29, 1.82) is 0 Å². The normalized spacial score (nSPS) is 15.1. The van der Waals surface area contributed by atoms with E-state index in [1.807, 2.05) is 6.07 Å². The fraction of sp³-hybridized carbons (Fsp3) is 0.300. The Hall–Kier alpha value is -2.22. The molecule has 0 aliphatic carbocycles. The van der Waals surface area contributed by atoms with Crippen molar-refractivity contribution in [3.8, 4) is 11.1 Å². The number of benzene rings is 2. The minimum absolute atomic E-state index is 0.0645. The van der Waals surface area contributed by atoms with Crippen LogP contribution in [-0.4, -0.2) is 0 Å². The number of hydrogen-bond acceptors (Lipinski definition) is 2. The lowest BCUT2D eigenvalue weighted by Gasteiger charge is -2.19. The van der Waals surface area contributed by atoms with Crippen molar-refractivity contribution >= 4 is 11.3 Å². The smallest absolute Gasteiger partial charge is 0.0753 e. The summed E-state index contributed by atoms with van der Waals surface area (Å²) in [6.07, 6.45) is 0. The first kappa shape index (κ1) is 13.4. The van der Waals surface area contributed by atoms with Crippen LogP contribution in [0.1, 0.15) is 38.8 Å². The van der Waals surface area contributed by atoms with Gasteiger partial charge in [0.05, 0.1) is 22.1 Å². The van der Waals surface area contributed by atoms with Crippen LogP contribution < -0.4 is 10.7 Å². The highest BCUT2D eigenvalue weighted by Gasteiger charge is 2.27. The Morgan fingerprint density at radius 3 is 2.36 bits per heavy atom. The van der Waals surface area contributed by atoms with Crippen LogP contribution in [-0.2, 0) is 0 Å². The van der Waals surface area contributed by atoms with E-state index < -0.39 is 0 Å². The van der Waals surface area contributed by atoms with Gasteiger partial charge in [-0.1, -0.05) is 39.0 Å². The van der Waals surface area contributed by atoms with Gasteiger partial charge < -0.3 is 0 Å². The van der Waals surface area contributed by atoms with Crippen LogP contribution in [0.4, 0.5) is 5.69 Å². The Morgan fingerprint density at radius 1 is 0.909 bits per heavy atom. The van der Waals surface area contributed by atoms with E-state index in [0.717, 1.165) is 16.4 Å². The molecule has 0 amide bonds. The number of fused-ring (bicyclic) bond motifs is 4. The molecule has 0 bridgehead atoms. The van der Waals surface area contributed by atoms with Gasteiger partial charge in [-0.3, -0.25) is 4.99 Å². The van der Waals surface area contributed by atoms with E-state index in [1.54, 1.807) is 0 Å². The molecule has 2 nitrogen and oxygen atoms in total. The number of hydrogen-bond donors (Lipinski definition) is 0. The van der Waals surface area contributed by atoms with Crippen LogP contribution in [0.25, 0.3) is 16.7 Å². The zero-order valence-electron chi connectivity index (χ0n) is 13.8. The molecule has 0 saturated carbocycles. The third kappa shape index (κ3) is 1.67. The molecule has 110 valence electrons. The van der Waals surface area contributed by atoms with Crippen molar-refractivity contribution in [3.63, 3.8) is 0 Å². The maximum absolute atomic E-state index is 4.95.